The molecule has 0 radical (unpaired) electrons. The van der Waals surface area contributed by atoms with E-state index in [1.54, 1.807) is 13.4 Å². The van der Waals surface area contributed by atoms with Crippen LogP contribution in [-0.4, -0.2) is 35.9 Å². The van der Waals surface area contributed by atoms with Crippen molar-refractivity contribution in [3.05, 3.63) is 24.5 Å². The molecule has 3 rings (SSSR count). The minimum Gasteiger partial charge on any atom is -0.497 e. The normalized spacial score (nSPS) is 15.2. The van der Waals surface area contributed by atoms with Gasteiger partial charge in [0.15, 0.2) is 0 Å². The van der Waals surface area contributed by atoms with Gasteiger partial charge < -0.3 is 9.64 Å². The standard InChI is InChI=1S/C15H20N4OS/c1-20-12-4-5-13-14(7-12)17-10-18-15(13)19-8-11(9-19)3-2-6-21-16/h4-5,7,10-11H,2-3,6,8-9,16H2,1H3. The van der Waals surface area contributed by atoms with Crippen molar-refractivity contribution >= 4 is 28.7 Å². The molecule has 0 aliphatic carbocycles. The van der Waals surface area contributed by atoms with Gasteiger partial charge in [-0.1, -0.05) is 11.9 Å². The highest BCUT2D eigenvalue weighted by Gasteiger charge is 2.28. The minimum atomic E-state index is 0.764. The van der Waals surface area contributed by atoms with E-state index in [9.17, 15) is 0 Å². The second-order valence-electron chi connectivity index (χ2n) is 5.36. The molecule has 1 saturated heterocycles. The van der Waals surface area contributed by atoms with Crippen molar-refractivity contribution in [3.8, 4) is 5.75 Å². The predicted molar refractivity (Wildman–Crippen MR) is 87.7 cm³/mol. The van der Waals surface area contributed by atoms with Gasteiger partial charge in [-0.2, -0.15) is 0 Å². The third kappa shape index (κ3) is 3.06. The highest BCUT2D eigenvalue weighted by molar-refractivity contribution is 7.97. The number of benzene rings is 1. The average molecular weight is 304 g/mol. The van der Waals surface area contributed by atoms with Gasteiger partial charge in [0, 0.05) is 30.3 Å². The summed E-state index contributed by atoms with van der Waals surface area (Å²) in [7, 11) is 1.67. The van der Waals surface area contributed by atoms with Gasteiger partial charge in [0.25, 0.3) is 0 Å². The Morgan fingerprint density at radius 3 is 3.00 bits per heavy atom. The van der Waals surface area contributed by atoms with Gasteiger partial charge in [-0.3, -0.25) is 5.14 Å². The Bertz CT molecular complexity index is 616. The molecule has 0 amide bonds. The SMILES string of the molecule is COc1ccc2c(N3CC(CCCSN)C3)ncnc2c1. The Balaban J connectivity index is 1.71. The van der Waals surface area contributed by atoms with Crippen molar-refractivity contribution in [2.45, 2.75) is 12.8 Å². The molecule has 21 heavy (non-hydrogen) atoms. The van der Waals surface area contributed by atoms with Gasteiger partial charge in [0.05, 0.1) is 12.6 Å². The molecule has 1 fully saturated rings. The van der Waals surface area contributed by atoms with Crippen molar-refractivity contribution in [2.24, 2.45) is 11.1 Å². The van der Waals surface area contributed by atoms with Crippen molar-refractivity contribution < 1.29 is 4.74 Å². The zero-order chi connectivity index (χ0) is 14.7. The molecule has 1 aliphatic rings. The van der Waals surface area contributed by atoms with E-state index in [1.165, 1.54) is 24.8 Å². The first-order valence-corrected chi connectivity index (χ1v) is 8.22. The average Bonchev–Trinajstić information content (AvgIpc) is 2.48. The molecule has 0 saturated carbocycles. The first-order valence-electron chi connectivity index (χ1n) is 7.17. The summed E-state index contributed by atoms with van der Waals surface area (Å²) < 4.78 is 5.25. The van der Waals surface area contributed by atoms with Crippen LogP contribution >= 0.6 is 11.9 Å². The number of methoxy groups -OCH3 is 1. The quantitative estimate of drug-likeness (QED) is 0.653. The molecule has 5 nitrogen and oxygen atoms in total. The largest absolute Gasteiger partial charge is 0.497 e. The molecular weight excluding hydrogens is 284 g/mol. The van der Waals surface area contributed by atoms with Crippen LogP contribution in [-0.2, 0) is 0 Å². The fourth-order valence-electron chi connectivity index (χ4n) is 2.78. The number of aromatic nitrogens is 2. The molecule has 0 atom stereocenters. The Hall–Kier alpha value is -1.53. The molecule has 112 valence electrons. The van der Waals surface area contributed by atoms with E-state index in [-0.39, 0.29) is 0 Å². The summed E-state index contributed by atoms with van der Waals surface area (Å²) in [5, 5.41) is 6.55. The summed E-state index contributed by atoms with van der Waals surface area (Å²) in [6.07, 6.45) is 4.08. The topological polar surface area (TPSA) is 64.3 Å². The Morgan fingerprint density at radius 2 is 2.24 bits per heavy atom. The Labute approximate surface area is 129 Å². The lowest BCUT2D eigenvalue weighted by atomic mass is 9.94. The number of anilines is 1. The van der Waals surface area contributed by atoms with Crippen LogP contribution in [0.4, 0.5) is 5.82 Å². The summed E-state index contributed by atoms with van der Waals surface area (Å²) in [5.74, 6) is 3.67. The third-order valence-electron chi connectivity index (χ3n) is 3.95. The smallest absolute Gasteiger partial charge is 0.139 e. The predicted octanol–water partition coefficient (Wildman–Crippen LogP) is 2.46. The highest BCUT2D eigenvalue weighted by atomic mass is 32.2. The number of hydrogen-bond donors (Lipinski definition) is 1. The Kier molecular flexibility index (Phi) is 4.45. The van der Waals surface area contributed by atoms with Crippen LogP contribution in [0, 0.1) is 5.92 Å². The third-order valence-corrected chi connectivity index (χ3v) is 4.48. The molecule has 0 spiro atoms. The number of ether oxygens (including phenoxy) is 1. The molecule has 1 aromatic carbocycles. The van der Waals surface area contributed by atoms with E-state index in [4.69, 9.17) is 9.88 Å². The lowest BCUT2D eigenvalue weighted by Crippen LogP contribution is -2.47. The summed E-state index contributed by atoms with van der Waals surface area (Å²) >= 11 is 1.43. The van der Waals surface area contributed by atoms with Crippen molar-refractivity contribution in [1.82, 2.24) is 9.97 Å². The fraction of sp³-hybridized carbons (Fsp3) is 0.467. The van der Waals surface area contributed by atoms with Crippen LogP contribution in [0.3, 0.4) is 0 Å². The molecule has 2 aromatic rings. The lowest BCUT2D eigenvalue weighted by molar-refractivity contribution is 0.380. The fourth-order valence-corrected chi connectivity index (χ4v) is 3.12. The van der Waals surface area contributed by atoms with Crippen LogP contribution < -0.4 is 14.8 Å². The molecule has 2 N–H and O–H groups in total. The molecule has 6 heteroatoms. The highest BCUT2D eigenvalue weighted by Crippen LogP contribution is 2.32. The van der Waals surface area contributed by atoms with E-state index >= 15 is 0 Å². The van der Waals surface area contributed by atoms with E-state index in [2.05, 4.69) is 14.9 Å². The van der Waals surface area contributed by atoms with Crippen LogP contribution in [0.1, 0.15) is 12.8 Å². The first kappa shape index (κ1) is 14.4. The molecule has 0 unspecified atom stereocenters. The van der Waals surface area contributed by atoms with Gasteiger partial charge >= 0.3 is 0 Å². The van der Waals surface area contributed by atoms with Crippen molar-refractivity contribution in [1.29, 1.82) is 0 Å². The first-order chi connectivity index (χ1) is 10.3. The number of rotatable bonds is 6. The summed E-state index contributed by atoms with van der Waals surface area (Å²) in [4.78, 5) is 11.1. The van der Waals surface area contributed by atoms with Crippen LogP contribution in [0.2, 0.25) is 0 Å². The summed E-state index contributed by atoms with van der Waals surface area (Å²) in [6, 6.07) is 5.96. The minimum absolute atomic E-state index is 0.764. The van der Waals surface area contributed by atoms with Gasteiger partial charge in [-0.25, -0.2) is 9.97 Å². The van der Waals surface area contributed by atoms with Gasteiger partial charge in [-0.05, 0) is 30.9 Å². The van der Waals surface area contributed by atoms with Gasteiger partial charge in [-0.15, -0.1) is 0 Å². The van der Waals surface area contributed by atoms with Crippen LogP contribution in [0.15, 0.2) is 24.5 Å². The van der Waals surface area contributed by atoms with E-state index in [0.717, 1.165) is 47.2 Å². The van der Waals surface area contributed by atoms with E-state index < -0.39 is 0 Å². The lowest BCUT2D eigenvalue weighted by Gasteiger charge is -2.40. The monoisotopic (exact) mass is 304 g/mol. The zero-order valence-electron chi connectivity index (χ0n) is 12.2. The molecular formula is C15H20N4OS. The van der Waals surface area contributed by atoms with Crippen molar-refractivity contribution in [2.75, 3.05) is 30.9 Å². The second-order valence-corrected chi connectivity index (χ2v) is 6.11. The number of nitrogens with two attached hydrogens (primary N) is 1. The van der Waals surface area contributed by atoms with E-state index in [0.29, 0.717) is 0 Å². The maximum Gasteiger partial charge on any atom is 0.139 e. The van der Waals surface area contributed by atoms with Gasteiger partial charge in [0.1, 0.15) is 17.9 Å². The van der Waals surface area contributed by atoms with Gasteiger partial charge in [0.2, 0.25) is 0 Å². The van der Waals surface area contributed by atoms with Crippen LogP contribution in [0.25, 0.3) is 10.9 Å². The molecule has 0 bridgehead atoms. The number of fused-ring (bicyclic) bond motifs is 1. The maximum absolute atomic E-state index is 5.46. The number of hydrogen-bond acceptors (Lipinski definition) is 6. The maximum atomic E-state index is 5.46. The zero-order valence-corrected chi connectivity index (χ0v) is 13.0. The number of nitrogens with zero attached hydrogens (tertiary/aromatic N) is 3. The molecule has 1 aliphatic heterocycles. The molecule has 1 aromatic heterocycles. The molecule has 2 heterocycles. The van der Waals surface area contributed by atoms with Crippen molar-refractivity contribution in [3.63, 3.8) is 0 Å². The summed E-state index contributed by atoms with van der Waals surface area (Å²) in [6.45, 7) is 2.15. The summed E-state index contributed by atoms with van der Waals surface area (Å²) in [5.41, 5.74) is 0.933. The van der Waals surface area contributed by atoms with E-state index in [1.807, 2.05) is 18.2 Å². The van der Waals surface area contributed by atoms with Crippen LogP contribution in [0.5, 0.6) is 5.75 Å². The second kappa shape index (κ2) is 6.49. The Morgan fingerprint density at radius 1 is 1.38 bits per heavy atom.